The van der Waals surface area contributed by atoms with E-state index in [-0.39, 0.29) is 17.5 Å². The minimum absolute atomic E-state index is 0.118. The van der Waals surface area contributed by atoms with E-state index < -0.39 is 10.0 Å². The van der Waals surface area contributed by atoms with E-state index in [1.165, 1.54) is 18.3 Å². The summed E-state index contributed by atoms with van der Waals surface area (Å²) in [6.45, 7) is 1.59. The fourth-order valence-corrected chi connectivity index (χ4v) is 2.39. The first-order valence-corrected chi connectivity index (χ1v) is 7.02. The van der Waals surface area contributed by atoms with Crippen molar-refractivity contribution in [2.24, 2.45) is 0 Å². The lowest BCUT2D eigenvalue weighted by Gasteiger charge is -2.07. The summed E-state index contributed by atoms with van der Waals surface area (Å²) in [6, 6.07) is 7.89. The Morgan fingerprint density at radius 3 is 2.63 bits per heavy atom. The Kier molecular flexibility index (Phi) is 3.77. The van der Waals surface area contributed by atoms with E-state index in [0.29, 0.717) is 11.3 Å². The highest BCUT2D eigenvalue weighted by atomic mass is 32.2. The van der Waals surface area contributed by atoms with E-state index in [1.54, 1.807) is 25.1 Å². The number of pyridine rings is 2. The van der Waals surface area contributed by atoms with Crippen LogP contribution in [0, 0.1) is 6.92 Å². The molecular formula is C12H13N3O3S. The highest BCUT2D eigenvalue weighted by Crippen LogP contribution is 2.13. The van der Waals surface area contributed by atoms with Crippen molar-refractivity contribution in [3.8, 4) is 0 Å². The van der Waals surface area contributed by atoms with Gasteiger partial charge in [0.05, 0.1) is 6.61 Å². The minimum atomic E-state index is -3.76. The molecule has 100 valence electrons. The maximum Gasteiger partial charge on any atom is 0.280 e. The Morgan fingerprint density at radius 1 is 1.26 bits per heavy atom. The van der Waals surface area contributed by atoms with Crippen LogP contribution in [0.4, 0.5) is 5.82 Å². The number of aromatic nitrogens is 2. The van der Waals surface area contributed by atoms with Crippen molar-refractivity contribution in [1.29, 1.82) is 0 Å². The number of rotatable bonds is 4. The summed E-state index contributed by atoms with van der Waals surface area (Å²) >= 11 is 0. The second-order valence-corrected chi connectivity index (χ2v) is 5.56. The predicted molar refractivity (Wildman–Crippen MR) is 69.9 cm³/mol. The Hall–Kier alpha value is -1.99. The lowest BCUT2D eigenvalue weighted by atomic mass is 10.3. The first-order chi connectivity index (χ1) is 9.01. The zero-order chi connectivity index (χ0) is 13.9. The molecule has 0 aromatic carbocycles. The summed E-state index contributed by atoms with van der Waals surface area (Å²) < 4.78 is 26.4. The molecule has 0 aliphatic rings. The molecule has 2 N–H and O–H groups in total. The first kappa shape index (κ1) is 13.4. The van der Waals surface area contributed by atoms with Gasteiger partial charge in [0.1, 0.15) is 5.82 Å². The molecule has 0 saturated carbocycles. The van der Waals surface area contributed by atoms with Crippen LogP contribution in [0.2, 0.25) is 0 Å². The van der Waals surface area contributed by atoms with E-state index in [9.17, 15) is 8.42 Å². The number of aryl methyl sites for hydroxylation is 1. The minimum Gasteiger partial charge on any atom is -0.392 e. The van der Waals surface area contributed by atoms with Crippen LogP contribution in [0.1, 0.15) is 11.3 Å². The van der Waals surface area contributed by atoms with Crippen molar-refractivity contribution >= 4 is 15.8 Å². The summed E-state index contributed by atoms with van der Waals surface area (Å²) in [4.78, 5) is 7.86. The van der Waals surface area contributed by atoms with E-state index >= 15 is 0 Å². The van der Waals surface area contributed by atoms with Gasteiger partial charge in [0.25, 0.3) is 10.0 Å². The van der Waals surface area contributed by atoms with Gasteiger partial charge in [0, 0.05) is 11.9 Å². The molecule has 0 amide bonds. The lowest BCUT2D eigenvalue weighted by Crippen LogP contribution is -2.15. The molecule has 0 fully saturated rings. The van der Waals surface area contributed by atoms with Crippen LogP contribution in [0.5, 0.6) is 0 Å². The van der Waals surface area contributed by atoms with Crippen molar-refractivity contribution in [3.05, 3.63) is 47.8 Å². The molecule has 0 saturated heterocycles. The second-order valence-electron chi connectivity index (χ2n) is 3.93. The predicted octanol–water partition coefficient (Wildman–Crippen LogP) is 1.08. The summed E-state index contributed by atoms with van der Waals surface area (Å²) in [7, 11) is -3.76. The normalized spacial score (nSPS) is 11.3. The van der Waals surface area contributed by atoms with E-state index in [0.717, 1.165) is 0 Å². The Bertz CT molecular complexity index is 669. The average Bonchev–Trinajstić information content (AvgIpc) is 2.38. The molecule has 7 heteroatoms. The lowest BCUT2D eigenvalue weighted by molar-refractivity contribution is 0.281. The number of aliphatic hydroxyl groups is 1. The Labute approximate surface area is 111 Å². The summed E-state index contributed by atoms with van der Waals surface area (Å²) in [5.41, 5.74) is 1.26. The number of hydrogen-bond donors (Lipinski definition) is 2. The summed E-state index contributed by atoms with van der Waals surface area (Å²) in [6.07, 6.45) is 1.32. The number of nitrogens with one attached hydrogen (secondary N) is 1. The van der Waals surface area contributed by atoms with Gasteiger partial charge in [-0.1, -0.05) is 12.1 Å². The highest BCUT2D eigenvalue weighted by molar-refractivity contribution is 7.92. The van der Waals surface area contributed by atoms with Crippen LogP contribution >= 0.6 is 0 Å². The fraction of sp³-hybridized carbons (Fsp3) is 0.167. The second kappa shape index (κ2) is 5.33. The average molecular weight is 279 g/mol. The number of anilines is 1. The van der Waals surface area contributed by atoms with Crippen LogP contribution < -0.4 is 4.72 Å². The molecule has 0 aliphatic heterocycles. The molecule has 2 aromatic rings. The molecule has 0 radical (unpaired) electrons. The van der Waals surface area contributed by atoms with Crippen molar-refractivity contribution in [3.63, 3.8) is 0 Å². The maximum absolute atomic E-state index is 12.0. The van der Waals surface area contributed by atoms with Crippen molar-refractivity contribution in [2.75, 3.05) is 4.72 Å². The van der Waals surface area contributed by atoms with Crippen molar-refractivity contribution in [1.82, 2.24) is 9.97 Å². The van der Waals surface area contributed by atoms with Crippen molar-refractivity contribution < 1.29 is 13.5 Å². The molecule has 19 heavy (non-hydrogen) atoms. The molecule has 0 bridgehead atoms. The quantitative estimate of drug-likeness (QED) is 0.873. The zero-order valence-electron chi connectivity index (χ0n) is 10.2. The zero-order valence-corrected chi connectivity index (χ0v) is 11.1. The van der Waals surface area contributed by atoms with Crippen LogP contribution in [0.15, 0.2) is 41.6 Å². The van der Waals surface area contributed by atoms with E-state index in [1.807, 2.05) is 0 Å². The number of hydrogen-bond acceptors (Lipinski definition) is 5. The molecule has 2 rings (SSSR count). The molecule has 0 aliphatic carbocycles. The van der Waals surface area contributed by atoms with Gasteiger partial charge in [-0.2, -0.15) is 8.42 Å². The third kappa shape index (κ3) is 3.27. The maximum atomic E-state index is 12.0. The summed E-state index contributed by atoms with van der Waals surface area (Å²) in [5, 5.41) is 8.76. The number of sulfonamides is 1. The SMILES string of the molecule is Cc1cccc(NS(=O)(=O)c2ccc(CO)cn2)n1. The molecule has 2 aromatic heterocycles. The summed E-state index contributed by atoms with van der Waals surface area (Å²) in [5.74, 6) is 0.244. The molecule has 0 spiro atoms. The Balaban J connectivity index is 2.27. The molecule has 0 atom stereocenters. The topological polar surface area (TPSA) is 92.2 Å². The van der Waals surface area contributed by atoms with Gasteiger partial charge in [-0.05, 0) is 30.7 Å². The van der Waals surface area contributed by atoms with Gasteiger partial charge in [0.2, 0.25) is 0 Å². The van der Waals surface area contributed by atoms with Gasteiger partial charge in [-0.3, -0.25) is 4.72 Å². The molecular weight excluding hydrogens is 266 g/mol. The van der Waals surface area contributed by atoms with Crippen LogP contribution in [-0.2, 0) is 16.6 Å². The fourth-order valence-electron chi connectivity index (χ4n) is 1.45. The molecule has 0 unspecified atom stereocenters. The van der Waals surface area contributed by atoms with E-state index in [4.69, 9.17) is 5.11 Å². The van der Waals surface area contributed by atoms with Crippen LogP contribution in [0.3, 0.4) is 0 Å². The standard InChI is InChI=1S/C12H13N3O3S/c1-9-3-2-4-11(14-9)15-19(17,18)12-6-5-10(8-16)7-13-12/h2-7,16H,8H2,1H3,(H,14,15). The Morgan fingerprint density at radius 2 is 2.05 bits per heavy atom. The largest absolute Gasteiger partial charge is 0.392 e. The smallest absolute Gasteiger partial charge is 0.280 e. The molecule has 2 heterocycles. The highest BCUT2D eigenvalue weighted by Gasteiger charge is 2.16. The van der Waals surface area contributed by atoms with Gasteiger partial charge < -0.3 is 5.11 Å². The van der Waals surface area contributed by atoms with Gasteiger partial charge in [-0.25, -0.2) is 9.97 Å². The molecule has 6 nitrogen and oxygen atoms in total. The number of aliphatic hydroxyl groups excluding tert-OH is 1. The van der Waals surface area contributed by atoms with Crippen LogP contribution in [-0.4, -0.2) is 23.5 Å². The van der Waals surface area contributed by atoms with Crippen LogP contribution in [0.25, 0.3) is 0 Å². The third-order valence-corrected chi connectivity index (χ3v) is 3.65. The monoisotopic (exact) mass is 279 g/mol. The van der Waals surface area contributed by atoms with Crippen molar-refractivity contribution in [2.45, 2.75) is 18.6 Å². The first-order valence-electron chi connectivity index (χ1n) is 5.53. The van der Waals surface area contributed by atoms with E-state index in [2.05, 4.69) is 14.7 Å². The number of nitrogens with zero attached hydrogens (tertiary/aromatic N) is 2. The van der Waals surface area contributed by atoms with Gasteiger partial charge >= 0.3 is 0 Å². The third-order valence-electron chi connectivity index (χ3n) is 2.38. The van der Waals surface area contributed by atoms with Gasteiger partial charge in [-0.15, -0.1) is 0 Å². The van der Waals surface area contributed by atoms with Gasteiger partial charge in [0.15, 0.2) is 5.03 Å².